The molecule has 1 N–H and O–H groups in total. The summed E-state index contributed by atoms with van der Waals surface area (Å²) in [5.41, 5.74) is 0. The number of rotatable bonds is 4. The zero-order valence-corrected chi connectivity index (χ0v) is 8.87. The molecule has 0 rings (SSSR count). The minimum Gasteiger partial charge on any atom is -0.197 e. The number of nitrogens with zero attached hydrogens (tertiary/aromatic N) is 1. The standard InChI is InChI=1S/C5H11BrN2O2S/c1-5(6)4-7-11(9,10)8(2)3/h7H,1,4H2,2-3H3. The molecule has 0 atom stereocenters. The molecular weight excluding hydrogens is 232 g/mol. The lowest BCUT2D eigenvalue weighted by Crippen LogP contribution is -2.36. The third kappa shape index (κ3) is 4.52. The van der Waals surface area contributed by atoms with Gasteiger partial charge in [-0.05, 0) is 0 Å². The topological polar surface area (TPSA) is 49.4 Å². The van der Waals surface area contributed by atoms with Crippen molar-refractivity contribution in [3.63, 3.8) is 0 Å². The van der Waals surface area contributed by atoms with E-state index < -0.39 is 10.2 Å². The maximum Gasteiger partial charge on any atom is 0.279 e. The van der Waals surface area contributed by atoms with Crippen LogP contribution in [-0.2, 0) is 10.2 Å². The molecule has 6 heteroatoms. The Hall–Kier alpha value is 0.0900. The predicted molar refractivity (Wildman–Crippen MR) is 48.7 cm³/mol. The maximum absolute atomic E-state index is 11.0. The van der Waals surface area contributed by atoms with Gasteiger partial charge in [-0.2, -0.15) is 17.4 Å². The van der Waals surface area contributed by atoms with Crippen LogP contribution in [0.3, 0.4) is 0 Å². The third-order valence-corrected chi connectivity index (χ3v) is 2.68. The Morgan fingerprint density at radius 3 is 2.36 bits per heavy atom. The molecule has 4 nitrogen and oxygen atoms in total. The van der Waals surface area contributed by atoms with Crippen LogP contribution in [0.2, 0.25) is 0 Å². The normalized spacial score (nSPS) is 12.0. The molecule has 0 aliphatic carbocycles. The van der Waals surface area contributed by atoms with E-state index >= 15 is 0 Å². The summed E-state index contributed by atoms with van der Waals surface area (Å²) in [5.74, 6) is 0. The molecule has 0 fully saturated rings. The zero-order valence-electron chi connectivity index (χ0n) is 6.46. The van der Waals surface area contributed by atoms with Gasteiger partial charge in [-0.15, -0.1) is 0 Å². The summed E-state index contributed by atoms with van der Waals surface area (Å²) in [6.45, 7) is 3.70. The van der Waals surface area contributed by atoms with Crippen molar-refractivity contribution < 1.29 is 8.42 Å². The van der Waals surface area contributed by atoms with Crippen LogP contribution in [-0.4, -0.2) is 33.4 Å². The Morgan fingerprint density at radius 1 is 1.64 bits per heavy atom. The first-order valence-electron chi connectivity index (χ1n) is 2.86. The second kappa shape index (κ2) is 4.20. The van der Waals surface area contributed by atoms with Crippen molar-refractivity contribution in [2.45, 2.75) is 0 Å². The Morgan fingerprint density at radius 2 is 2.09 bits per heavy atom. The van der Waals surface area contributed by atoms with Crippen LogP contribution in [0, 0.1) is 0 Å². The largest absolute Gasteiger partial charge is 0.279 e. The molecule has 0 heterocycles. The second-order valence-corrected chi connectivity index (χ2v) is 5.22. The average molecular weight is 243 g/mol. The first-order chi connectivity index (χ1) is 4.86. The lowest BCUT2D eigenvalue weighted by molar-refractivity contribution is 0.509. The highest BCUT2D eigenvalue weighted by atomic mass is 79.9. The molecule has 0 saturated carbocycles. The van der Waals surface area contributed by atoms with Crippen molar-refractivity contribution in [3.05, 3.63) is 11.1 Å². The molecule has 0 bridgehead atoms. The van der Waals surface area contributed by atoms with Gasteiger partial charge in [-0.25, -0.2) is 0 Å². The summed E-state index contributed by atoms with van der Waals surface area (Å²) in [6.07, 6.45) is 0. The molecule has 0 aliphatic rings. The van der Waals surface area contributed by atoms with Gasteiger partial charge in [-0.3, -0.25) is 0 Å². The van der Waals surface area contributed by atoms with Gasteiger partial charge in [0.2, 0.25) is 0 Å². The van der Waals surface area contributed by atoms with E-state index in [2.05, 4.69) is 27.2 Å². The van der Waals surface area contributed by atoms with Crippen LogP contribution in [0.5, 0.6) is 0 Å². The van der Waals surface area contributed by atoms with Crippen molar-refractivity contribution >= 4 is 26.1 Å². The fraction of sp³-hybridized carbons (Fsp3) is 0.600. The summed E-state index contributed by atoms with van der Waals surface area (Å²) in [6, 6.07) is 0. The number of hydrogen-bond acceptors (Lipinski definition) is 2. The quantitative estimate of drug-likeness (QED) is 0.771. The Kier molecular flexibility index (Phi) is 4.23. The molecule has 0 amide bonds. The van der Waals surface area contributed by atoms with Crippen LogP contribution in [0.25, 0.3) is 0 Å². The van der Waals surface area contributed by atoms with E-state index in [1.54, 1.807) is 0 Å². The van der Waals surface area contributed by atoms with Crippen molar-refractivity contribution in [2.75, 3.05) is 20.6 Å². The van der Waals surface area contributed by atoms with Crippen LogP contribution < -0.4 is 4.72 Å². The molecule has 11 heavy (non-hydrogen) atoms. The molecule has 0 aromatic heterocycles. The molecule has 0 spiro atoms. The van der Waals surface area contributed by atoms with Gasteiger partial charge in [0, 0.05) is 25.1 Å². The van der Waals surface area contributed by atoms with Gasteiger partial charge in [0.05, 0.1) is 0 Å². The van der Waals surface area contributed by atoms with Gasteiger partial charge >= 0.3 is 0 Å². The van der Waals surface area contributed by atoms with Crippen molar-refractivity contribution in [1.82, 2.24) is 9.03 Å². The molecule has 66 valence electrons. The average Bonchev–Trinajstić information content (AvgIpc) is 1.84. The van der Waals surface area contributed by atoms with Gasteiger partial charge in [0.15, 0.2) is 0 Å². The van der Waals surface area contributed by atoms with E-state index in [4.69, 9.17) is 0 Å². The summed E-state index contributed by atoms with van der Waals surface area (Å²) < 4.78 is 26.0. The van der Waals surface area contributed by atoms with Gasteiger partial charge in [0.1, 0.15) is 0 Å². The molecular formula is C5H11BrN2O2S. The molecule has 0 radical (unpaired) electrons. The van der Waals surface area contributed by atoms with E-state index in [0.717, 1.165) is 4.31 Å². The summed E-state index contributed by atoms with van der Waals surface area (Å²) >= 11 is 3.04. The smallest absolute Gasteiger partial charge is 0.197 e. The van der Waals surface area contributed by atoms with E-state index in [1.165, 1.54) is 14.1 Å². The predicted octanol–water partition coefficient (Wildman–Crippen LogP) is 0.291. The Balaban J connectivity index is 4.05. The summed E-state index contributed by atoms with van der Waals surface area (Å²) in [7, 11) is -0.385. The summed E-state index contributed by atoms with van der Waals surface area (Å²) in [5, 5.41) is 0. The molecule has 0 unspecified atom stereocenters. The monoisotopic (exact) mass is 242 g/mol. The molecule has 0 saturated heterocycles. The molecule has 0 aliphatic heterocycles. The highest BCUT2D eigenvalue weighted by molar-refractivity contribution is 9.11. The number of hydrogen-bond donors (Lipinski definition) is 1. The lowest BCUT2D eigenvalue weighted by atomic mass is 10.7. The number of halogens is 1. The van der Waals surface area contributed by atoms with Crippen molar-refractivity contribution in [1.29, 1.82) is 0 Å². The highest BCUT2D eigenvalue weighted by Gasteiger charge is 2.11. The molecule has 0 aromatic rings. The zero-order chi connectivity index (χ0) is 9.07. The molecule has 0 aromatic carbocycles. The minimum atomic E-state index is -3.30. The lowest BCUT2D eigenvalue weighted by Gasteiger charge is -2.11. The first kappa shape index (κ1) is 11.1. The van der Waals surface area contributed by atoms with Crippen molar-refractivity contribution in [3.8, 4) is 0 Å². The van der Waals surface area contributed by atoms with Gasteiger partial charge < -0.3 is 0 Å². The minimum absolute atomic E-state index is 0.209. The Labute approximate surface area is 75.6 Å². The van der Waals surface area contributed by atoms with Crippen LogP contribution in [0.4, 0.5) is 0 Å². The SMILES string of the molecule is C=C(Br)CNS(=O)(=O)N(C)C. The van der Waals surface area contributed by atoms with Crippen LogP contribution >= 0.6 is 15.9 Å². The van der Waals surface area contributed by atoms with Gasteiger partial charge in [-0.1, -0.05) is 22.5 Å². The van der Waals surface area contributed by atoms with Gasteiger partial charge in [0.25, 0.3) is 10.2 Å². The number of nitrogens with one attached hydrogen (secondary N) is 1. The van der Waals surface area contributed by atoms with Crippen LogP contribution in [0.1, 0.15) is 0 Å². The maximum atomic E-state index is 11.0. The second-order valence-electron chi connectivity index (χ2n) is 2.13. The Bertz CT molecular complexity index is 235. The highest BCUT2D eigenvalue weighted by Crippen LogP contribution is 1.98. The first-order valence-corrected chi connectivity index (χ1v) is 5.10. The van der Waals surface area contributed by atoms with Crippen molar-refractivity contribution in [2.24, 2.45) is 0 Å². The van der Waals surface area contributed by atoms with E-state index in [9.17, 15) is 8.42 Å². The van der Waals surface area contributed by atoms with E-state index in [-0.39, 0.29) is 6.54 Å². The van der Waals surface area contributed by atoms with E-state index in [1.807, 2.05) is 0 Å². The third-order valence-electron chi connectivity index (χ3n) is 0.927. The fourth-order valence-corrected chi connectivity index (χ4v) is 1.24. The fourth-order valence-electron chi connectivity index (χ4n) is 0.299. The summed E-state index contributed by atoms with van der Waals surface area (Å²) in [4.78, 5) is 0. The van der Waals surface area contributed by atoms with Crippen LogP contribution in [0.15, 0.2) is 11.1 Å². The van der Waals surface area contributed by atoms with E-state index in [0.29, 0.717) is 4.48 Å².